The molecule has 1 saturated carbocycles. The van der Waals surface area contributed by atoms with Crippen molar-refractivity contribution in [3.63, 3.8) is 0 Å². The molecule has 0 N–H and O–H groups in total. The summed E-state index contributed by atoms with van der Waals surface area (Å²) in [5.74, 6) is 2.18. The normalized spacial score (nSPS) is 29.7. The van der Waals surface area contributed by atoms with E-state index in [-0.39, 0.29) is 8.80 Å². The molecule has 1 aliphatic carbocycles. The lowest BCUT2D eigenvalue weighted by molar-refractivity contribution is 0.304. The van der Waals surface area contributed by atoms with Crippen molar-refractivity contribution in [1.82, 2.24) is 0 Å². The van der Waals surface area contributed by atoms with Crippen LogP contribution in [0, 0.1) is 11.8 Å². The highest BCUT2D eigenvalue weighted by Gasteiger charge is 2.24. The van der Waals surface area contributed by atoms with Gasteiger partial charge in [0.25, 0.3) is 0 Å². The maximum absolute atomic E-state index is 3.78. The van der Waals surface area contributed by atoms with Gasteiger partial charge in [0.15, 0.2) is 0 Å². The van der Waals surface area contributed by atoms with Gasteiger partial charge in [0.05, 0.1) is 0 Å². The number of rotatable bonds is 7. The van der Waals surface area contributed by atoms with Crippen molar-refractivity contribution in [2.45, 2.75) is 101 Å². The van der Waals surface area contributed by atoms with Crippen molar-refractivity contribution in [3.05, 3.63) is 0 Å². The smallest absolute Gasteiger partial charge is 0.0479 e. The first kappa shape index (κ1) is 17.1. The Kier molecular flexibility index (Phi) is 8.24. The second kappa shape index (κ2) is 9.66. The minimum Gasteiger partial charge on any atom is -0.0891 e. The van der Waals surface area contributed by atoms with E-state index in [9.17, 15) is 0 Å². The fourth-order valence-electron chi connectivity index (χ4n) is 4.13. The van der Waals surface area contributed by atoms with Gasteiger partial charge in [-0.25, -0.2) is 0 Å². The van der Waals surface area contributed by atoms with Crippen LogP contribution in [0.4, 0.5) is 0 Å². The number of hydrogen-bond acceptors (Lipinski definition) is 0. The minimum atomic E-state index is 0.0914. The summed E-state index contributed by atoms with van der Waals surface area (Å²) in [4.78, 5) is 0.835. The lowest BCUT2D eigenvalue weighted by Gasteiger charge is -2.30. The molecule has 2 rings (SSSR count). The van der Waals surface area contributed by atoms with Crippen molar-refractivity contribution in [3.8, 4) is 0 Å². The molecule has 1 saturated heterocycles. The topological polar surface area (TPSA) is 0 Å². The molecule has 0 bridgehead atoms. The molecule has 2 fully saturated rings. The van der Waals surface area contributed by atoms with Gasteiger partial charge in [-0.2, -0.15) is 0 Å². The summed E-state index contributed by atoms with van der Waals surface area (Å²) in [5, 5.41) is 0. The zero-order valence-corrected chi connectivity index (χ0v) is 16.1. The Morgan fingerprint density at radius 2 is 1.45 bits per heavy atom. The van der Waals surface area contributed by atoms with Crippen LogP contribution in [0.15, 0.2) is 0 Å². The first-order chi connectivity index (χ1) is 9.78. The van der Waals surface area contributed by atoms with Crippen molar-refractivity contribution in [1.29, 1.82) is 0 Å². The standard InChI is InChI=1S/C18H34BrSi/c1-2-3-4-13-20-14-11-17(12-15-20)6-5-16-7-9-18(19)10-8-16/h16-18H,2-15H2,1H3. The molecule has 0 aromatic rings. The Morgan fingerprint density at radius 1 is 0.850 bits per heavy atom. The summed E-state index contributed by atoms with van der Waals surface area (Å²) < 4.78 is 0. The molecule has 1 heterocycles. The van der Waals surface area contributed by atoms with E-state index in [2.05, 4.69) is 22.9 Å². The van der Waals surface area contributed by atoms with E-state index >= 15 is 0 Å². The molecule has 2 aliphatic rings. The van der Waals surface area contributed by atoms with Crippen LogP contribution in [0.25, 0.3) is 0 Å². The molecule has 1 radical (unpaired) electrons. The second-order valence-electron chi connectivity index (χ2n) is 7.35. The average Bonchev–Trinajstić information content (AvgIpc) is 2.48. The Hall–Kier alpha value is 0.697. The first-order valence-corrected chi connectivity index (χ1v) is 12.3. The second-order valence-corrected chi connectivity index (χ2v) is 11.6. The maximum atomic E-state index is 3.78. The molecular weight excluding hydrogens is 324 g/mol. The minimum absolute atomic E-state index is 0.0914. The number of unbranched alkanes of at least 4 members (excludes halogenated alkanes) is 2. The summed E-state index contributed by atoms with van der Waals surface area (Å²) in [6, 6.07) is 4.92. The fourth-order valence-corrected chi connectivity index (χ4v) is 7.79. The van der Waals surface area contributed by atoms with Gasteiger partial charge in [-0.05, 0) is 37.5 Å². The van der Waals surface area contributed by atoms with Gasteiger partial charge in [0.2, 0.25) is 0 Å². The molecule has 0 aromatic carbocycles. The molecule has 20 heavy (non-hydrogen) atoms. The van der Waals surface area contributed by atoms with Gasteiger partial charge in [-0.1, -0.05) is 85.9 Å². The van der Waals surface area contributed by atoms with Crippen LogP contribution < -0.4 is 0 Å². The predicted octanol–water partition coefficient (Wildman–Crippen LogP) is 6.82. The lowest BCUT2D eigenvalue weighted by Crippen LogP contribution is -2.22. The van der Waals surface area contributed by atoms with E-state index in [1.54, 1.807) is 43.8 Å². The highest BCUT2D eigenvalue weighted by molar-refractivity contribution is 9.09. The van der Waals surface area contributed by atoms with Crippen molar-refractivity contribution < 1.29 is 0 Å². The maximum Gasteiger partial charge on any atom is 0.0479 e. The van der Waals surface area contributed by atoms with Crippen molar-refractivity contribution in [2.75, 3.05) is 0 Å². The molecular formula is C18H34BrSi. The summed E-state index contributed by atoms with van der Waals surface area (Å²) in [6.45, 7) is 2.33. The van der Waals surface area contributed by atoms with E-state index in [4.69, 9.17) is 0 Å². The summed E-state index contributed by atoms with van der Waals surface area (Å²) in [6.07, 6.45) is 16.5. The van der Waals surface area contributed by atoms with E-state index < -0.39 is 0 Å². The zero-order valence-electron chi connectivity index (χ0n) is 13.5. The van der Waals surface area contributed by atoms with Crippen LogP contribution in [-0.2, 0) is 0 Å². The first-order valence-electron chi connectivity index (χ1n) is 9.25. The van der Waals surface area contributed by atoms with Gasteiger partial charge in [0.1, 0.15) is 0 Å². The third-order valence-electron chi connectivity index (χ3n) is 5.71. The van der Waals surface area contributed by atoms with E-state index in [1.165, 1.54) is 44.9 Å². The van der Waals surface area contributed by atoms with Crippen LogP contribution in [-0.4, -0.2) is 13.6 Å². The van der Waals surface area contributed by atoms with E-state index in [0.29, 0.717) is 0 Å². The Morgan fingerprint density at radius 3 is 2.05 bits per heavy atom. The van der Waals surface area contributed by atoms with Gasteiger partial charge in [-0.3, -0.25) is 0 Å². The lowest BCUT2D eigenvalue weighted by atomic mass is 9.83. The number of hydrogen-bond donors (Lipinski definition) is 0. The van der Waals surface area contributed by atoms with Gasteiger partial charge >= 0.3 is 0 Å². The van der Waals surface area contributed by atoms with Crippen LogP contribution in [0.2, 0.25) is 18.1 Å². The van der Waals surface area contributed by atoms with E-state index in [1.807, 2.05) is 0 Å². The molecule has 0 aromatic heterocycles. The molecule has 0 atom stereocenters. The van der Waals surface area contributed by atoms with Crippen LogP contribution in [0.1, 0.15) is 77.6 Å². The highest BCUT2D eigenvalue weighted by atomic mass is 79.9. The Labute approximate surface area is 137 Å². The van der Waals surface area contributed by atoms with Crippen molar-refractivity contribution >= 4 is 24.7 Å². The van der Waals surface area contributed by atoms with E-state index in [0.717, 1.165) is 16.7 Å². The summed E-state index contributed by atoms with van der Waals surface area (Å²) in [5.41, 5.74) is 0. The largest absolute Gasteiger partial charge is 0.0891 e. The van der Waals surface area contributed by atoms with Gasteiger partial charge in [0, 0.05) is 13.6 Å². The quantitative estimate of drug-likeness (QED) is 0.266. The van der Waals surface area contributed by atoms with Crippen molar-refractivity contribution in [2.24, 2.45) is 11.8 Å². The molecule has 1 aliphatic heterocycles. The average molecular weight is 358 g/mol. The Bertz CT molecular complexity index is 240. The number of halogens is 1. The molecule has 0 unspecified atom stereocenters. The van der Waals surface area contributed by atoms with Gasteiger partial charge in [-0.15, -0.1) is 0 Å². The predicted molar refractivity (Wildman–Crippen MR) is 96.3 cm³/mol. The van der Waals surface area contributed by atoms with Crippen LogP contribution in [0.3, 0.4) is 0 Å². The Balaban J connectivity index is 1.53. The molecule has 0 spiro atoms. The number of alkyl halides is 1. The summed E-state index contributed by atoms with van der Waals surface area (Å²) in [7, 11) is 0.0914. The highest BCUT2D eigenvalue weighted by Crippen LogP contribution is 2.36. The van der Waals surface area contributed by atoms with Crippen LogP contribution >= 0.6 is 15.9 Å². The zero-order chi connectivity index (χ0) is 14.2. The third kappa shape index (κ3) is 6.21. The SMILES string of the molecule is CCCCC[Si]1CCC(CCC2CCC(Br)CC2)CC1. The fraction of sp³-hybridized carbons (Fsp3) is 1.00. The van der Waals surface area contributed by atoms with Gasteiger partial charge < -0.3 is 0 Å². The molecule has 2 heteroatoms. The third-order valence-corrected chi connectivity index (χ3v) is 9.67. The molecule has 117 valence electrons. The summed E-state index contributed by atoms with van der Waals surface area (Å²) >= 11 is 3.78. The monoisotopic (exact) mass is 357 g/mol. The molecule has 0 nitrogen and oxygen atoms in total. The molecule has 0 amide bonds. The van der Waals surface area contributed by atoms with Crippen LogP contribution in [0.5, 0.6) is 0 Å².